The Morgan fingerprint density at radius 3 is 2.86 bits per heavy atom. The Bertz CT molecular complexity index is 352. The number of hydrogen-bond acceptors (Lipinski definition) is 4. The van der Waals surface area contributed by atoms with Crippen molar-refractivity contribution >= 4 is 24.2 Å². The van der Waals surface area contributed by atoms with Gasteiger partial charge in [0, 0.05) is 39.0 Å². The van der Waals surface area contributed by atoms with Crippen molar-refractivity contribution in [2.45, 2.75) is 38.2 Å². The molecule has 0 radical (unpaired) electrons. The molecule has 1 unspecified atom stereocenters. The summed E-state index contributed by atoms with van der Waals surface area (Å²) in [5.74, 6) is 0.306. The molecule has 2 amide bonds. The number of piperidine rings is 1. The third-order valence-electron chi connectivity index (χ3n) is 4.00. The van der Waals surface area contributed by atoms with Crippen LogP contribution in [0.3, 0.4) is 0 Å². The van der Waals surface area contributed by atoms with Gasteiger partial charge in [0.05, 0.1) is 12.7 Å². The van der Waals surface area contributed by atoms with E-state index in [9.17, 15) is 9.59 Å². The van der Waals surface area contributed by atoms with Gasteiger partial charge < -0.3 is 20.3 Å². The van der Waals surface area contributed by atoms with Crippen LogP contribution < -0.4 is 5.73 Å². The van der Waals surface area contributed by atoms with E-state index in [-0.39, 0.29) is 30.3 Å². The molecule has 0 spiro atoms. The van der Waals surface area contributed by atoms with E-state index in [4.69, 9.17) is 10.5 Å². The molecule has 0 saturated carbocycles. The summed E-state index contributed by atoms with van der Waals surface area (Å²) in [6, 6.07) is 0. The highest BCUT2D eigenvalue weighted by atomic mass is 35.5. The summed E-state index contributed by atoms with van der Waals surface area (Å²) in [4.78, 5) is 27.6. The molecule has 0 aromatic carbocycles. The van der Waals surface area contributed by atoms with Crippen LogP contribution in [-0.2, 0) is 14.3 Å². The van der Waals surface area contributed by atoms with Crippen molar-refractivity contribution < 1.29 is 14.3 Å². The summed E-state index contributed by atoms with van der Waals surface area (Å²) in [6.07, 6.45) is 3.93. The van der Waals surface area contributed by atoms with Gasteiger partial charge in [-0.3, -0.25) is 9.59 Å². The van der Waals surface area contributed by atoms with Crippen molar-refractivity contribution in [2.24, 2.45) is 5.73 Å². The average molecular weight is 320 g/mol. The Hall–Kier alpha value is -0.850. The minimum absolute atomic E-state index is 0. The van der Waals surface area contributed by atoms with Gasteiger partial charge in [0.2, 0.25) is 11.8 Å². The molecule has 2 aliphatic rings. The van der Waals surface area contributed by atoms with E-state index in [0.29, 0.717) is 45.6 Å². The second-order valence-corrected chi connectivity index (χ2v) is 5.50. The Labute approximate surface area is 132 Å². The number of carbonyl (C=O) groups excluding carboxylic acids is 2. The van der Waals surface area contributed by atoms with Gasteiger partial charge in [0.15, 0.2) is 0 Å². The van der Waals surface area contributed by atoms with Gasteiger partial charge in [-0.1, -0.05) is 0 Å². The van der Waals surface area contributed by atoms with Gasteiger partial charge in [-0.2, -0.15) is 0 Å². The molecule has 1 atom stereocenters. The lowest BCUT2D eigenvalue weighted by molar-refractivity contribution is -0.140. The highest BCUT2D eigenvalue weighted by molar-refractivity contribution is 5.85. The van der Waals surface area contributed by atoms with Crippen LogP contribution in [0.2, 0.25) is 0 Å². The van der Waals surface area contributed by atoms with Gasteiger partial charge in [-0.05, 0) is 25.8 Å². The number of morpholine rings is 1. The molecule has 2 aliphatic heterocycles. The van der Waals surface area contributed by atoms with E-state index in [1.54, 1.807) is 0 Å². The third kappa shape index (κ3) is 5.45. The van der Waals surface area contributed by atoms with Gasteiger partial charge >= 0.3 is 0 Å². The third-order valence-corrected chi connectivity index (χ3v) is 4.00. The first kappa shape index (κ1) is 18.2. The molecule has 2 heterocycles. The topological polar surface area (TPSA) is 75.9 Å². The first-order valence-electron chi connectivity index (χ1n) is 7.58. The maximum absolute atomic E-state index is 12.2. The fraction of sp³-hybridized carbons (Fsp3) is 0.857. The smallest absolute Gasteiger partial charge is 0.224 e. The molecule has 2 N–H and O–H groups in total. The molecule has 2 fully saturated rings. The molecule has 7 heteroatoms. The fourth-order valence-electron chi connectivity index (χ4n) is 2.79. The predicted octanol–water partition coefficient (Wildman–Crippen LogP) is 0.387. The number of nitrogens with two attached hydrogens (primary N) is 1. The van der Waals surface area contributed by atoms with Gasteiger partial charge in [-0.25, -0.2) is 0 Å². The Balaban J connectivity index is 0.00000220. The first-order chi connectivity index (χ1) is 9.70. The van der Waals surface area contributed by atoms with Crippen LogP contribution >= 0.6 is 12.4 Å². The lowest BCUT2D eigenvalue weighted by Crippen LogP contribution is -2.47. The molecular formula is C14H26ClN3O3. The molecule has 0 aliphatic carbocycles. The number of nitrogens with zero attached hydrogens (tertiary/aromatic N) is 2. The van der Waals surface area contributed by atoms with E-state index in [2.05, 4.69) is 0 Å². The van der Waals surface area contributed by atoms with E-state index >= 15 is 0 Å². The second kappa shape index (κ2) is 9.23. The quantitative estimate of drug-likeness (QED) is 0.795. The number of halogens is 1. The summed E-state index contributed by atoms with van der Waals surface area (Å²) >= 11 is 0. The number of ether oxygens (including phenoxy) is 1. The standard InChI is InChI=1S/C14H25N3O3.ClH/c15-6-4-12-11-17(9-10-20-12)14(19)5-8-16-7-2-1-3-13(16)18;/h12H,1-11,15H2;1H. The van der Waals surface area contributed by atoms with Gasteiger partial charge in [0.1, 0.15) is 0 Å². The lowest BCUT2D eigenvalue weighted by atomic mass is 10.1. The van der Waals surface area contributed by atoms with Gasteiger partial charge in [-0.15, -0.1) is 12.4 Å². The molecule has 2 saturated heterocycles. The molecular weight excluding hydrogens is 294 g/mol. The summed E-state index contributed by atoms with van der Waals surface area (Å²) < 4.78 is 5.57. The molecule has 6 nitrogen and oxygen atoms in total. The van der Waals surface area contributed by atoms with Crippen molar-refractivity contribution in [1.29, 1.82) is 0 Å². The number of likely N-dealkylation sites (tertiary alicyclic amines) is 1. The zero-order valence-corrected chi connectivity index (χ0v) is 13.3. The lowest BCUT2D eigenvalue weighted by Gasteiger charge is -2.34. The molecule has 2 rings (SSSR count). The summed E-state index contributed by atoms with van der Waals surface area (Å²) in [7, 11) is 0. The first-order valence-corrected chi connectivity index (χ1v) is 7.58. The van der Waals surface area contributed by atoms with Gasteiger partial charge in [0.25, 0.3) is 0 Å². The van der Waals surface area contributed by atoms with E-state index in [1.807, 2.05) is 9.80 Å². The highest BCUT2D eigenvalue weighted by Gasteiger charge is 2.25. The van der Waals surface area contributed by atoms with E-state index in [0.717, 1.165) is 25.8 Å². The van der Waals surface area contributed by atoms with Crippen LogP contribution in [0.4, 0.5) is 0 Å². The van der Waals surface area contributed by atoms with Crippen LogP contribution in [0.15, 0.2) is 0 Å². The number of rotatable bonds is 5. The summed E-state index contributed by atoms with van der Waals surface area (Å²) in [6.45, 7) is 3.79. The van der Waals surface area contributed by atoms with Crippen LogP contribution in [-0.4, -0.2) is 67.0 Å². The van der Waals surface area contributed by atoms with Crippen molar-refractivity contribution in [1.82, 2.24) is 9.80 Å². The molecule has 0 aromatic heterocycles. The number of amides is 2. The highest BCUT2D eigenvalue weighted by Crippen LogP contribution is 2.13. The Morgan fingerprint density at radius 1 is 1.33 bits per heavy atom. The summed E-state index contributed by atoms with van der Waals surface area (Å²) in [5, 5.41) is 0. The van der Waals surface area contributed by atoms with E-state index in [1.165, 1.54) is 0 Å². The fourth-order valence-corrected chi connectivity index (χ4v) is 2.79. The molecule has 122 valence electrons. The second-order valence-electron chi connectivity index (χ2n) is 5.50. The number of hydrogen-bond donors (Lipinski definition) is 1. The minimum atomic E-state index is 0. The van der Waals surface area contributed by atoms with Crippen molar-refractivity contribution in [2.75, 3.05) is 39.3 Å². The van der Waals surface area contributed by atoms with E-state index < -0.39 is 0 Å². The Kier molecular flexibility index (Phi) is 8.00. The van der Waals surface area contributed by atoms with Crippen LogP contribution in [0.25, 0.3) is 0 Å². The zero-order valence-electron chi connectivity index (χ0n) is 12.5. The normalized spacial score (nSPS) is 22.9. The minimum Gasteiger partial charge on any atom is -0.374 e. The zero-order chi connectivity index (χ0) is 14.4. The largest absolute Gasteiger partial charge is 0.374 e. The van der Waals surface area contributed by atoms with Crippen molar-refractivity contribution in [3.63, 3.8) is 0 Å². The average Bonchev–Trinajstić information content (AvgIpc) is 2.47. The van der Waals surface area contributed by atoms with Crippen molar-refractivity contribution in [3.8, 4) is 0 Å². The van der Waals surface area contributed by atoms with Crippen LogP contribution in [0.5, 0.6) is 0 Å². The van der Waals surface area contributed by atoms with Crippen molar-refractivity contribution in [3.05, 3.63) is 0 Å². The number of carbonyl (C=O) groups is 2. The maximum atomic E-state index is 12.2. The Morgan fingerprint density at radius 2 is 2.14 bits per heavy atom. The predicted molar refractivity (Wildman–Crippen MR) is 82.3 cm³/mol. The molecule has 0 aromatic rings. The van der Waals surface area contributed by atoms with Crippen LogP contribution in [0.1, 0.15) is 32.1 Å². The maximum Gasteiger partial charge on any atom is 0.224 e. The monoisotopic (exact) mass is 319 g/mol. The summed E-state index contributed by atoms with van der Waals surface area (Å²) in [5.41, 5.74) is 5.52. The van der Waals surface area contributed by atoms with Crippen LogP contribution in [0, 0.1) is 0 Å². The molecule has 0 bridgehead atoms. The SMILES string of the molecule is Cl.NCCC1CN(C(=O)CCN2CCCCC2=O)CCO1. The molecule has 21 heavy (non-hydrogen) atoms.